The Morgan fingerprint density at radius 1 is 1.69 bits per heavy atom. The fourth-order valence-electron chi connectivity index (χ4n) is 2.31. The lowest BCUT2D eigenvalue weighted by atomic mass is 10.1. The van der Waals surface area contributed by atoms with Crippen LogP contribution < -0.4 is 5.73 Å². The van der Waals surface area contributed by atoms with E-state index in [2.05, 4.69) is 16.9 Å². The van der Waals surface area contributed by atoms with Gasteiger partial charge in [0.2, 0.25) is 0 Å². The van der Waals surface area contributed by atoms with Crippen molar-refractivity contribution in [2.45, 2.75) is 32.2 Å². The Balaban J connectivity index is 1.87. The summed E-state index contributed by atoms with van der Waals surface area (Å²) in [5.74, 6) is 1.57. The van der Waals surface area contributed by atoms with Crippen molar-refractivity contribution >= 4 is 0 Å². The molecule has 0 aliphatic carbocycles. The third-order valence-corrected chi connectivity index (χ3v) is 3.08. The van der Waals surface area contributed by atoms with Crippen LogP contribution in [0.2, 0.25) is 0 Å². The molecule has 0 spiro atoms. The van der Waals surface area contributed by atoms with Crippen molar-refractivity contribution in [3.05, 3.63) is 17.8 Å². The molecule has 2 rings (SSSR count). The number of nitrogens with two attached hydrogens (primary N) is 1. The quantitative estimate of drug-likeness (QED) is 0.829. The predicted molar refractivity (Wildman–Crippen MR) is 63.2 cm³/mol. The maximum atomic E-state index is 5.73. The van der Waals surface area contributed by atoms with Gasteiger partial charge in [-0.3, -0.25) is 0 Å². The van der Waals surface area contributed by atoms with Crippen LogP contribution in [0.4, 0.5) is 0 Å². The average Bonchev–Trinajstić information content (AvgIpc) is 2.76. The van der Waals surface area contributed by atoms with Gasteiger partial charge in [-0.15, -0.1) is 0 Å². The van der Waals surface area contributed by atoms with E-state index in [1.54, 1.807) is 6.26 Å². The van der Waals surface area contributed by atoms with Crippen molar-refractivity contribution < 1.29 is 4.42 Å². The smallest absolute Gasteiger partial charge is 0.194 e. The third-order valence-electron chi connectivity index (χ3n) is 3.08. The Hall–Kier alpha value is -0.870. The van der Waals surface area contributed by atoms with Crippen molar-refractivity contribution in [2.75, 3.05) is 20.1 Å². The van der Waals surface area contributed by atoms with E-state index in [1.165, 1.54) is 13.0 Å². The Labute approximate surface area is 96.8 Å². The minimum absolute atomic E-state index is 0.149. The van der Waals surface area contributed by atoms with Crippen LogP contribution in [0.15, 0.2) is 10.7 Å². The van der Waals surface area contributed by atoms with Gasteiger partial charge in [0.25, 0.3) is 0 Å². The second-order valence-corrected chi connectivity index (χ2v) is 5.04. The van der Waals surface area contributed by atoms with Gasteiger partial charge in [-0.2, -0.15) is 0 Å². The summed E-state index contributed by atoms with van der Waals surface area (Å²) in [6.45, 7) is 4.34. The molecule has 0 amide bonds. The molecule has 2 atom stereocenters. The second-order valence-electron chi connectivity index (χ2n) is 5.04. The molecule has 1 aliphatic rings. The van der Waals surface area contributed by atoms with Gasteiger partial charge in [0.05, 0.1) is 5.69 Å². The number of nitrogens with zero attached hydrogens (tertiary/aromatic N) is 2. The van der Waals surface area contributed by atoms with E-state index in [9.17, 15) is 0 Å². The Bertz CT molecular complexity index is 335. The average molecular weight is 223 g/mol. The molecule has 0 radical (unpaired) electrons. The lowest BCUT2D eigenvalue weighted by Crippen LogP contribution is -2.18. The van der Waals surface area contributed by atoms with Gasteiger partial charge in [-0.25, -0.2) is 4.98 Å². The highest BCUT2D eigenvalue weighted by atomic mass is 16.3. The summed E-state index contributed by atoms with van der Waals surface area (Å²) < 4.78 is 5.48. The molecule has 4 heteroatoms. The summed E-state index contributed by atoms with van der Waals surface area (Å²) in [4.78, 5) is 6.83. The van der Waals surface area contributed by atoms with Gasteiger partial charge >= 0.3 is 0 Å². The van der Waals surface area contributed by atoms with Crippen LogP contribution in [0.5, 0.6) is 0 Å². The van der Waals surface area contributed by atoms with Crippen LogP contribution in [0, 0.1) is 5.92 Å². The van der Waals surface area contributed by atoms with E-state index >= 15 is 0 Å². The first kappa shape index (κ1) is 11.6. The topological polar surface area (TPSA) is 55.3 Å². The molecular formula is C12H21N3O. The van der Waals surface area contributed by atoms with Gasteiger partial charge in [0, 0.05) is 25.4 Å². The first-order valence-electron chi connectivity index (χ1n) is 6.01. The molecule has 1 saturated heterocycles. The third kappa shape index (κ3) is 3.06. The van der Waals surface area contributed by atoms with Crippen LogP contribution >= 0.6 is 0 Å². The molecule has 1 fully saturated rings. The van der Waals surface area contributed by atoms with Gasteiger partial charge in [0.15, 0.2) is 5.89 Å². The predicted octanol–water partition coefficient (Wildman–Crippen LogP) is 1.06. The number of aromatic nitrogens is 1. The number of hydrogen-bond donors (Lipinski definition) is 1. The lowest BCUT2D eigenvalue weighted by Gasteiger charge is -2.07. The lowest BCUT2D eigenvalue weighted by molar-refractivity contribution is 0.379. The molecule has 2 N–H and O–H groups in total. The highest BCUT2D eigenvalue weighted by molar-refractivity contribution is 4.99. The molecule has 1 aromatic rings. The molecule has 0 saturated carbocycles. The largest absolute Gasteiger partial charge is 0.449 e. The first-order valence-corrected chi connectivity index (χ1v) is 6.01. The van der Waals surface area contributed by atoms with Crippen LogP contribution in [-0.2, 0) is 12.8 Å². The standard InChI is InChI=1S/C12H21N3O/c1-9(13)5-11-8-16-12(14-11)6-10-3-4-15(2)7-10/h8-10H,3-7,13H2,1-2H3. The number of oxazole rings is 1. The van der Waals surface area contributed by atoms with E-state index in [4.69, 9.17) is 10.2 Å². The van der Waals surface area contributed by atoms with E-state index < -0.39 is 0 Å². The zero-order valence-corrected chi connectivity index (χ0v) is 10.1. The zero-order chi connectivity index (χ0) is 11.5. The van der Waals surface area contributed by atoms with Crippen LogP contribution in [0.25, 0.3) is 0 Å². The minimum atomic E-state index is 0.149. The van der Waals surface area contributed by atoms with Gasteiger partial charge < -0.3 is 15.1 Å². The van der Waals surface area contributed by atoms with Crippen LogP contribution in [0.3, 0.4) is 0 Å². The van der Waals surface area contributed by atoms with Crippen molar-refractivity contribution in [3.8, 4) is 0 Å². The van der Waals surface area contributed by atoms with Gasteiger partial charge in [-0.05, 0) is 32.9 Å². The summed E-state index contributed by atoms with van der Waals surface area (Å²) in [5, 5.41) is 0. The summed E-state index contributed by atoms with van der Waals surface area (Å²) in [6, 6.07) is 0.149. The van der Waals surface area contributed by atoms with E-state index in [1.807, 2.05) is 6.92 Å². The van der Waals surface area contributed by atoms with E-state index in [0.717, 1.165) is 31.0 Å². The number of likely N-dealkylation sites (tertiary alicyclic amines) is 1. The second kappa shape index (κ2) is 4.97. The summed E-state index contributed by atoms with van der Waals surface area (Å²) >= 11 is 0. The van der Waals surface area contributed by atoms with Crippen molar-refractivity contribution in [1.29, 1.82) is 0 Å². The summed E-state index contributed by atoms with van der Waals surface area (Å²) in [7, 11) is 2.16. The highest BCUT2D eigenvalue weighted by Gasteiger charge is 2.21. The SMILES string of the molecule is CC(N)Cc1coc(CC2CCN(C)C2)n1. The fraction of sp³-hybridized carbons (Fsp3) is 0.750. The molecule has 0 aromatic carbocycles. The maximum Gasteiger partial charge on any atom is 0.194 e. The van der Waals surface area contributed by atoms with Crippen molar-refractivity contribution in [1.82, 2.24) is 9.88 Å². The zero-order valence-electron chi connectivity index (χ0n) is 10.1. The van der Waals surface area contributed by atoms with E-state index in [-0.39, 0.29) is 6.04 Å². The Morgan fingerprint density at radius 3 is 3.12 bits per heavy atom. The highest BCUT2D eigenvalue weighted by Crippen LogP contribution is 2.19. The first-order chi connectivity index (χ1) is 7.63. The number of hydrogen-bond acceptors (Lipinski definition) is 4. The van der Waals surface area contributed by atoms with Crippen molar-refractivity contribution in [2.24, 2.45) is 11.7 Å². The molecule has 0 bridgehead atoms. The molecule has 90 valence electrons. The molecule has 2 heterocycles. The molecule has 1 aliphatic heterocycles. The fourth-order valence-corrected chi connectivity index (χ4v) is 2.31. The minimum Gasteiger partial charge on any atom is -0.449 e. The summed E-state index contributed by atoms with van der Waals surface area (Å²) in [6.07, 6.45) is 4.76. The summed E-state index contributed by atoms with van der Waals surface area (Å²) in [5.41, 5.74) is 6.71. The normalized spacial score (nSPS) is 23.8. The molecule has 1 aromatic heterocycles. The maximum absolute atomic E-state index is 5.73. The monoisotopic (exact) mass is 223 g/mol. The number of rotatable bonds is 4. The molecule has 16 heavy (non-hydrogen) atoms. The van der Waals surface area contributed by atoms with Gasteiger partial charge in [-0.1, -0.05) is 0 Å². The molecular weight excluding hydrogens is 202 g/mol. The Morgan fingerprint density at radius 2 is 2.50 bits per heavy atom. The molecule has 4 nitrogen and oxygen atoms in total. The molecule has 2 unspecified atom stereocenters. The Kier molecular flexibility index (Phi) is 3.61. The van der Waals surface area contributed by atoms with Crippen LogP contribution in [-0.4, -0.2) is 36.1 Å². The van der Waals surface area contributed by atoms with E-state index in [0.29, 0.717) is 5.92 Å². The van der Waals surface area contributed by atoms with Gasteiger partial charge in [0.1, 0.15) is 6.26 Å². The van der Waals surface area contributed by atoms with Crippen LogP contribution in [0.1, 0.15) is 24.9 Å². The van der Waals surface area contributed by atoms with Crippen molar-refractivity contribution in [3.63, 3.8) is 0 Å².